The molecule has 1 unspecified atom stereocenters. The van der Waals surface area contributed by atoms with Crippen molar-refractivity contribution in [3.8, 4) is 0 Å². The summed E-state index contributed by atoms with van der Waals surface area (Å²) in [5.41, 5.74) is 0. The van der Waals surface area contributed by atoms with Gasteiger partial charge in [-0.2, -0.15) is 0 Å². The summed E-state index contributed by atoms with van der Waals surface area (Å²) in [6.07, 6.45) is 1.03. The van der Waals surface area contributed by atoms with Gasteiger partial charge in [0.25, 0.3) is 0 Å². The zero-order valence-electron chi connectivity index (χ0n) is 8.32. The van der Waals surface area contributed by atoms with Crippen molar-refractivity contribution in [1.29, 1.82) is 0 Å². The van der Waals surface area contributed by atoms with Gasteiger partial charge in [-0.25, -0.2) is 13.2 Å². The second-order valence-electron chi connectivity index (χ2n) is 3.51. The molecule has 2 rings (SSSR count). The average Bonchev–Trinajstić information content (AvgIpc) is 2.57. The fourth-order valence-corrected chi connectivity index (χ4v) is 3.48. The fraction of sp³-hybridized carbons (Fsp3) is 0.556. The van der Waals surface area contributed by atoms with Gasteiger partial charge in [0, 0.05) is 23.3 Å². The van der Waals surface area contributed by atoms with Crippen molar-refractivity contribution in [3.05, 3.63) is 21.9 Å². The van der Waals surface area contributed by atoms with Crippen molar-refractivity contribution in [3.63, 3.8) is 0 Å². The first-order chi connectivity index (χ1) is 6.66. The highest BCUT2D eigenvalue weighted by Crippen LogP contribution is 2.27. The Balaban J connectivity index is 2.10. The highest BCUT2D eigenvalue weighted by molar-refractivity contribution is 7.80. The first-order valence-electron chi connectivity index (χ1n) is 4.62. The molecule has 78 valence electrons. The molecule has 5 heteroatoms. The molecule has 14 heavy (non-hydrogen) atoms. The number of hydrogen-bond acceptors (Lipinski definition) is 2. The predicted molar refractivity (Wildman–Crippen MR) is 60.3 cm³/mol. The normalized spacial score (nSPS) is 29.3. The predicted octanol–water partition coefficient (Wildman–Crippen LogP) is 1.60. The molecule has 0 aromatic carbocycles. The maximum atomic E-state index is 11.5. The Morgan fingerprint density at radius 2 is 2.43 bits per heavy atom. The molecule has 2 atom stereocenters. The summed E-state index contributed by atoms with van der Waals surface area (Å²) in [5, 5.41) is 0. The second kappa shape index (κ2) is 4.10. The van der Waals surface area contributed by atoms with E-state index in [-0.39, 0.29) is 6.04 Å². The molecule has 1 saturated heterocycles. The fourth-order valence-electron chi connectivity index (χ4n) is 1.51. The van der Waals surface area contributed by atoms with Gasteiger partial charge in [-0.15, -0.1) is 11.3 Å². The minimum Gasteiger partial charge on any atom is -0.225 e. The van der Waals surface area contributed by atoms with E-state index in [1.54, 1.807) is 11.3 Å². The molecule has 1 fully saturated rings. The molecule has 3 nitrogen and oxygen atoms in total. The summed E-state index contributed by atoms with van der Waals surface area (Å²) in [6, 6.07) is 4.51. The van der Waals surface area contributed by atoms with Crippen molar-refractivity contribution in [2.45, 2.75) is 19.4 Å². The average molecular weight is 230 g/mol. The summed E-state index contributed by atoms with van der Waals surface area (Å²) in [7, 11) is 1.87. The molecule has 1 N–H and O–H groups in total. The lowest BCUT2D eigenvalue weighted by Crippen LogP contribution is -2.41. The van der Waals surface area contributed by atoms with Crippen LogP contribution in [-0.4, -0.2) is 22.1 Å². The van der Waals surface area contributed by atoms with Gasteiger partial charge in [0.2, 0.25) is 0 Å². The Morgan fingerprint density at radius 1 is 1.64 bits per heavy atom. The number of aryl methyl sites for hydroxylation is 1. The van der Waals surface area contributed by atoms with E-state index in [4.69, 9.17) is 0 Å². The van der Waals surface area contributed by atoms with E-state index in [1.807, 2.05) is 11.4 Å². The third-order valence-corrected chi connectivity index (χ3v) is 4.71. The van der Waals surface area contributed by atoms with Crippen LogP contribution in [0.25, 0.3) is 0 Å². The molecule has 0 aliphatic carbocycles. The molecule has 1 aliphatic heterocycles. The molecule has 0 spiro atoms. The van der Waals surface area contributed by atoms with Crippen molar-refractivity contribution in [2.75, 3.05) is 13.6 Å². The van der Waals surface area contributed by atoms with Gasteiger partial charge >= 0.3 is 0 Å². The molecule has 2 heterocycles. The SMILES string of the molecule is Cc1ccc([C@@H]2CCN(C)S(=O)N2)s1. The minimum absolute atomic E-state index is 0.269. The quantitative estimate of drug-likeness (QED) is 0.781. The lowest BCUT2D eigenvalue weighted by atomic mass is 10.2. The maximum Gasteiger partial charge on any atom is 0.170 e. The molecule has 0 amide bonds. The van der Waals surface area contributed by atoms with E-state index in [1.165, 1.54) is 9.75 Å². The van der Waals surface area contributed by atoms with E-state index >= 15 is 0 Å². The van der Waals surface area contributed by atoms with Crippen LogP contribution in [0.2, 0.25) is 0 Å². The van der Waals surface area contributed by atoms with E-state index in [9.17, 15) is 4.21 Å². The van der Waals surface area contributed by atoms with Gasteiger partial charge in [0.15, 0.2) is 11.2 Å². The van der Waals surface area contributed by atoms with Crippen LogP contribution in [0.5, 0.6) is 0 Å². The topological polar surface area (TPSA) is 32.3 Å². The van der Waals surface area contributed by atoms with Crippen molar-refractivity contribution in [2.24, 2.45) is 0 Å². The molecule has 1 aromatic heterocycles. The third kappa shape index (κ3) is 2.06. The lowest BCUT2D eigenvalue weighted by molar-refractivity contribution is 0.421. The van der Waals surface area contributed by atoms with Gasteiger partial charge in [-0.05, 0) is 25.5 Å². The highest BCUT2D eigenvalue weighted by atomic mass is 32.2. The van der Waals surface area contributed by atoms with Crippen molar-refractivity contribution >= 4 is 22.5 Å². The molecule has 1 aromatic rings. The van der Waals surface area contributed by atoms with Gasteiger partial charge in [-0.1, -0.05) is 0 Å². The first-order valence-corrected chi connectivity index (χ1v) is 6.54. The minimum atomic E-state index is -1.02. The van der Waals surface area contributed by atoms with Crippen LogP contribution in [0.15, 0.2) is 12.1 Å². The van der Waals surface area contributed by atoms with Crippen molar-refractivity contribution in [1.82, 2.24) is 9.03 Å². The Labute approximate surface area is 90.8 Å². The van der Waals surface area contributed by atoms with Gasteiger partial charge in [-0.3, -0.25) is 0 Å². The van der Waals surface area contributed by atoms with Crippen molar-refractivity contribution < 1.29 is 4.21 Å². The Kier molecular flexibility index (Phi) is 3.02. The van der Waals surface area contributed by atoms with Crippen LogP contribution in [0.4, 0.5) is 0 Å². The lowest BCUT2D eigenvalue weighted by Gasteiger charge is -2.28. The van der Waals surface area contributed by atoms with Crippen LogP contribution in [-0.2, 0) is 11.2 Å². The highest BCUT2D eigenvalue weighted by Gasteiger charge is 2.23. The number of nitrogens with one attached hydrogen (secondary N) is 1. The molecule has 0 bridgehead atoms. The monoisotopic (exact) mass is 230 g/mol. The second-order valence-corrected chi connectivity index (χ2v) is 6.19. The van der Waals surface area contributed by atoms with Crippen LogP contribution < -0.4 is 4.72 Å². The molecule has 1 aliphatic rings. The van der Waals surface area contributed by atoms with E-state index in [2.05, 4.69) is 23.8 Å². The van der Waals surface area contributed by atoms with E-state index < -0.39 is 11.2 Å². The standard InChI is InChI=1S/C9H14N2OS2/c1-7-3-4-9(13-7)8-5-6-11(2)14(12)10-8/h3-4,8,10H,5-6H2,1-2H3/t8-,14?/m0/s1. The number of nitrogens with zero attached hydrogens (tertiary/aromatic N) is 1. The summed E-state index contributed by atoms with van der Waals surface area (Å²) in [4.78, 5) is 2.61. The Hall–Kier alpha value is -0.230. The summed E-state index contributed by atoms with van der Waals surface area (Å²) in [5.74, 6) is 0. The van der Waals surface area contributed by atoms with Gasteiger partial charge in [0.1, 0.15) is 0 Å². The number of thiophene rings is 1. The Morgan fingerprint density at radius 3 is 3.00 bits per heavy atom. The summed E-state index contributed by atoms with van der Waals surface area (Å²) < 4.78 is 16.4. The molecular formula is C9H14N2OS2. The van der Waals surface area contributed by atoms with Crippen LogP contribution in [0, 0.1) is 6.92 Å². The summed E-state index contributed by atoms with van der Waals surface area (Å²) >= 11 is 0.766. The van der Waals surface area contributed by atoms with Gasteiger partial charge in [0.05, 0.1) is 6.04 Å². The third-order valence-electron chi connectivity index (χ3n) is 2.36. The molecule has 0 saturated carbocycles. The summed E-state index contributed by atoms with van der Waals surface area (Å²) in [6.45, 7) is 2.99. The maximum absolute atomic E-state index is 11.5. The smallest absolute Gasteiger partial charge is 0.170 e. The van der Waals surface area contributed by atoms with Crippen LogP contribution in [0.1, 0.15) is 22.2 Å². The largest absolute Gasteiger partial charge is 0.225 e. The number of hydrogen-bond donors (Lipinski definition) is 1. The number of rotatable bonds is 1. The first kappa shape index (κ1) is 10.3. The van der Waals surface area contributed by atoms with Crippen LogP contribution >= 0.6 is 11.3 Å². The zero-order chi connectivity index (χ0) is 10.1. The van der Waals surface area contributed by atoms with Crippen LogP contribution in [0.3, 0.4) is 0 Å². The van der Waals surface area contributed by atoms with E-state index in [0.717, 1.165) is 13.0 Å². The molecular weight excluding hydrogens is 216 g/mol. The van der Waals surface area contributed by atoms with E-state index in [0.29, 0.717) is 0 Å². The van der Waals surface area contributed by atoms with Gasteiger partial charge < -0.3 is 0 Å². The zero-order valence-corrected chi connectivity index (χ0v) is 9.95. The molecule has 0 radical (unpaired) electrons. The Bertz CT molecular complexity index is 350.